The first-order valence-electron chi connectivity index (χ1n) is 21.3. The Morgan fingerprint density at radius 2 is 0.806 bits per heavy atom. The van der Waals surface area contributed by atoms with Crippen molar-refractivity contribution in [2.24, 2.45) is 9.98 Å². The predicted octanol–water partition coefficient (Wildman–Crippen LogP) is 15.0. The van der Waals surface area contributed by atoms with Crippen LogP contribution in [-0.4, -0.2) is 11.7 Å². The van der Waals surface area contributed by atoms with Gasteiger partial charge in [-0.2, -0.15) is 0 Å². The van der Waals surface area contributed by atoms with Crippen LogP contribution in [0.15, 0.2) is 222 Å². The molecular weight excluding hydrogens is 751 g/mol. The molecular formula is C59H37N3. The highest BCUT2D eigenvalue weighted by molar-refractivity contribution is 6.27. The number of nitrogens with one attached hydrogen (secondary N) is 1. The van der Waals surface area contributed by atoms with Crippen molar-refractivity contribution >= 4 is 76.3 Å². The van der Waals surface area contributed by atoms with Gasteiger partial charge in [0.2, 0.25) is 0 Å². The number of rotatable bonds is 6. The quantitative estimate of drug-likeness (QED) is 0.167. The Balaban J connectivity index is 1.04. The van der Waals surface area contributed by atoms with Crippen LogP contribution in [0.5, 0.6) is 0 Å². The van der Waals surface area contributed by atoms with Gasteiger partial charge in [0, 0.05) is 11.1 Å². The molecule has 0 aromatic heterocycles. The van der Waals surface area contributed by atoms with Gasteiger partial charge in [0.1, 0.15) is 12.0 Å². The highest BCUT2D eigenvalue weighted by atomic mass is 15.2. The molecule has 0 spiro atoms. The van der Waals surface area contributed by atoms with Crippen LogP contribution in [0.1, 0.15) is 22.9 Å². The van der Waals surface area contributed by atoms with E-state index in [-0.39, 0.29) is 6.17 Å². The summed E-state index contributed by atoms with van der Waals surface area (Å²) < 4.78 is 0. The molecule has 1 heterocycles. The summed E-state index contributed by atoms with van der Waals surface area (Å²) in [7, 11) is 0. The van der Waals surface area contributed by atoms with E-state index in [0.29, 0.717) is 5.84 Å². The molecule has 0 amide bonds. The summed E-state index contributed by atoms with van der Waals surface area (Å²) >= 11 is 0. The number of amidine groups is 2. The molecule has 1 N–H and O–H groups in total. The van der Waals surface area contributed by atoms with E-state index >= 15 is 0 Å². The zero-order valence-corrected chi connectivity index (χ0v) is 33.7. The molecule has 1 atom stereocenters. The van der Waals surface area contributed by atoms with Crippen molar-refractivity contribution in [1.29, 1.82) is 0 Å². The molecule has 3 nitrogen and oxygen atoms in total. The summed E-state index contributed by atoms with van der Waals surface area (Å²) in [6, 6.07) is 77.3. The van der Waals surface area contributed by atoms with Gasteiger partial charge < -0.3 is 5.32 Å². The first-order chi connectivity index (χ1) is 30.7. The average Bonchev–Trinajstić information content (AvgIpc) is 3.35. The van der Waals surface area contributed by atoms with Gasteiger partial charge in [0.15, 0.2) is 5.84 Å². The van der Waals surface area contributed by atoms with Crippen molar-refractivity contribution in [2.45, 2.75) is 6.17 Å². The van der Waals surface area contributed by atoms with Crippen LogP contribution in [0.25, 0.3) is 98.0 Å². The fourth-order valence-corrected chi connectivity index (χ4v) is 10.1. The van der Waals surface area contributed by atoms with E-state index in [2.05, 4.69) is 206 Å². The lowest BCUT2D eigenvalue weighted by Crippen LogP contribution is -2.33. The van der Waals surface area contributed by atoms with Gasteiger partial charge >= 0.3 is 0 Å². The Labute approximate surface area is 358 Å². The SMILES string of the molecule is c1ccc(C2=NC(c3cccc(-c4cc(-c5ccc6ccc7cccc8ccc5c6c78)ccc4-c4ccc5ccc6cccc7ccc4c5c67)c3)=NC(c3ccccc3)N2)cc1. The Bertz CT molecular complexity index is 3740. The van der Waals surface area contributed by atoms with E-state index in [1.165, 1.54) is 86.9 Å². The zero-order chi connectivity index (χ0) is 40.7. The molecule has 12 aromatic carbocycles. The second-order valence-corrected chi connectivity index (χ2v) is 16.5. The third-order valence-corrected chi connectivity index (χ3v) is 13.0. The molecule has 12 aromatic rings. The molecule has 1 aliphatic heterocycles. The van der Waals surface area contributed by atoms with Gasteiger partial charge in [0.05, 0.1) is 0 Å². The lowest BCUT2D eigenvalue weighted by atomic mass is 9.85. The molecule has 0 radical (unpaired) electrons. The Morgan fingerprint density at radius 1 is 0.323 bits per heavy atom. The van der Waals surface area contributed by atoms with Crippen LogP contribution in [-0.2, 0) is 0 Å². The van der Waals surface area contributed by atoms with E-state index in [4.69, 9.17) is 9.98 Å². The van der Waals surface area contributed by atoms with Crippen molar-refractivity contribution in [3.05, 3.63) is 229 Å². The minimum absolute atomic E-state index is 0.284. The maximum absolute atomic E-state index is 5.26. The normalized spacial score (nSPS) is 14.3. The third-order valence-electron chi connectivity index (χ3n) is 13.0. The van der Waals surface area contributed by atoms with Crippen LogP contribution in [0.3, 0.4) is 0 Å². The Kier molecular flexibility index (Phi) is 7.67. The molecule has 0 aliphatic carbocycles. The fraction of sp³-hybridized carbons (Fsp3) is 0.0169. The van der Waals surface area contributed by atoms with Crippen LogP contribution >= 0.6 is 0 Å². The molecule has 0 fully saturated rings. The maximum atomic E-state index is 5.26. The first-order valence-corrected chi connectivity index (χ1v) is 21.3. The van der Waals surface area contributed by atoms with Crippen LogP contribution in [0, 0.1) is 0 Å². The molecule has 0 saturated heterocycles. The first kappa shape index (κ1) is 34.7. The van der Waals surface area contributed by atoms with Gasteiger partial charge in [-0.3, -0.25) is 0 Å². The molecule has 13 rings (SSSR count). The smallest absolute Gasteiger partial charge is 0.159 e. The Morgan fingerprint density at radius 3 is 1.47 bits per heavy atom. The summed E-state index contributed by atoms with van der Waals surface area (Å²) in [5.41, 5.74) is 10.1. The van der Waals surface area contributed by atoms with E-state index < -0.39 is 0 Å². The fourth-order valence-electron chi connectivity index (χ4n) is 10.1. The van der Waals surface area contributed by atoms with E-state index in [0.717, 1.165) is 33.7 Å². The summed E-state index contributed by atoms with van der Waals surface area (Å²) in [6.07, 6.45) is -0.284. The van der Waals surface area contributed by atoms with Gasteiger partial charge in [-0.25, -0.2) is 9.98 Å². The van der Waals surface area contributed by atoms with Crippen LogP contribution < -0.4 is 5.32 Å². The molecule has 3 heteroatoms. The zero-order valence-electron chi connectivity index (χ0n) is 33.7. The lowest BCUT2D eigenvalue weighted by molar-refractivity contribution is 0.674. The molecule has 1 aliphatic rings. The molecule has 0 saturated carbocycles. The number of aliphatic imine (C=N–C) groups is 2. The number of benzene rings is 12. The highest BCUT2D eigenvalue weighted by Gasteiger charge is 2.23. The van der Waals surface area contributed by atoms with Gasteiger partial charge in [0.25, 0.3) is 0 Å². The molecule has 0 bridgehead atoms. The van der Waals surface area contributed by atoms with Crippen molar-refractivity contribution in [2.75, 3.05) is 0 Å². The van der Waals surface area contributed by atoms with E-state index in [1.807, 2.05) is 12.1 Å². The maximum Gasteiger partial charge on any atom is 0.159 e. The molecule has 1 unspecified atom stereocenters. The van der Waals surface area contributed by atoms with Crippen molar-refractivity contribution < 1.29 is 0 Å². The number of nitrogens with zero attached hydrogens (tertiary/aromatic N) is 2. The minimum Gasteiger partial charge on any atom is -0.344 e. The lowest BCUT2D eigenvalue weighted by Gasteiger charge is -2.24. The monoisotopic (exact) mass is 787 g/mol. The minimum atomic E-state index is -0.284. The summed E-state index contributed by atoms with van der Waals surface area (Å²) in [4.78, 5) is 10.5. The predicted molar refractivity (Wildman–Crippen MR) is 262 cm³/mol. The summed E-state index contributed by atoms with van der Waals surface area (Å²) in [5, 5.41) is 19.0. The van der Waals surface area contributed by atoms with Crippen molar-refractivity contribution in [1.82, 2.24) is 5.32 Å². The molecule has 288 valence electrons. The number of hydrogen-bond acceptors (Lipinski definition) is 3. The van der Waals surface area contributed by atoms with E-state index in [9.17, 15) is 0 Å². The van der Waals surface area contributed by atoms with Crippen LogP contribution in [0.2, 0.25) is 0 Å². The van der Waals surface area contributed by atoms with Crippen LogP contribution in [0.4, 0.5) is 0 Å². The summed E-state index contributed by atoms with van der Waals surface area (Å²) in [5.74, 6) is 1.51. The largest absolute Gasteiger partial charge is 0.344 e. The second-order valence-electron chi connectivity index (χ2n) is 16.5. The number of hydrogen-bond donors (Lipinski definition) is 1. The van der Waals surface area contributed by atoms with Crippen molar-refractivity contribution in [3.8, 4) is 33.4 Å². The topological polar surface area (TPSA) is 36.8 Å². The van der Waals surface area contributed by atoms with Gasteiger partial charge in [-0.15, -0.1) is 0 Å². The third kappa shape index (κ3) is 5.45. The highest BCUT2D eigenvalue weighted by Crippen LogP contribution is 2.45. The van der Waals surface area contributed by atoms with Crippen molar-refractivity contribution in [3.63, 3.8) is 0 Å². The molecule has 62 heavy (non-hydrogen) atoms. The van der Waals surface area contributed by atoms with Gasteiger partial charge in [-0.05, 0) is 116 Å². The average molecular weight is 788 g/mol. The van der Waals surface area contributed by atoms with Gasteiger partial charge in [-0.1, -0.05) is 200 Å². The second kappa shape index (κ2) is 13.7. The summed E-state index contributed by atoms with van der Waals surface area (Å²) in [6.45, 7) is 0. The standard InChI is InChI=1S/C59H37N3/c1-3-10-42(11-4-1)57-60-58(43-12-5-2-6-13-43)62-59(61-57)46-19-9-18-44(34-46)52-35-45(47-29-24-40-22-20-36-14-7-16-38-26-32-50(47)55(40)53(36)38)28-31-49(52)48-30-25-41-23-21-37-15-8-17-39-27-33-51(48)56(41)54(37)39/h1-35,57H,(H,60,61,62). The Hall–Kier alpha value is -8.14. The van der Waals surface area contributed by atoms with E-state index in [1.54, 1.807) is 0 Å².